The molecule has 1 heterocycles. The van der Waals surface area contributed by atoms with Gasteiger partial charge in [-0.2, -0.15) is 0 Å². The van der Waals surface area contributed by atoms with Crippen LogP contribution in [0.5, 0.6) is 5.75 Å². The van der Waals surface area contributed by atoms with Crippen molar-refractivity contribution in [2.45, 2.75) is 58.8 Å². The molecule has 1 aliphatic heterocycles. The second-order valence-corrected chi connectivity index (χ2v) is 7.22. The van der Waals surface area contributed by atoms with Crippen molar-refractivity contribution in [3.63, 3.8) is 0 Å². The average Bonchev–Trinajstić information content (AvgIpc) is 2.87. The Kier molecular flexibility index (Phi) is 5.39. The van der Waals surface area contributed by atoms with Gasteiger partial charge in [0.05, 0.1) is 11.8 Å². The molecular formula is C18H28N2O3. The molecule has 1 fully saturated rings. The Morgan fingerprint density at radius 1 is 1.30 bits per heavy atom. The van der Waals surface area contributed by atoms with Gasteiger partial charge in [0.2, 0.25) is 0 Å². The topological polar surface area (TPSA) is 50.8 Å². The fourth-order valence-electron chi connectivity index (χ4n) is 2.53. The van der Waals surface area contributed by atoms with E-state index in [4.69, 9.17) is 9.47 Å². The molecule has 23 heavy (non-hydrogen) atoms. The Hall–Kier alpha value is -1.91. The van der Waals surface area contributed by atoms with Crippen molar-refractivity contribution < 1.29 is 14.3 Å². The molecule has 0 spiro atoms. The summed E-state index contributed by atoms with van der Waals surface area (Å²) in [5, 5.41) is 3.49. The average molecular weight is 320 g/mol. The number of amides is 1. The summed E-state index contributed by atoms with van der Waals surface area (Å²) in [5.41, 5.74) is 0.512. The summed E-state index contributed by atoms with van der Waals surface area (Å²) in [6, 6.07) is 8.12. The lowest BCUT2D eigenvalue weighted by Gasteiger charge is -2.24. The first-order valence-corrected chi connectivity index (χ1v) is 8.25. The molecular weight excluding hydrogens is 292 g/mol. The van der Waals surface area contributed by atoms with Crippen molar-refractivity contribution >= 4 is 11.8 Å². The van der Waals surface area contributed by atoms with Crippen LogP contribution in [0, 0.1) is 0 Å². The van der Waals surface area contributed by atoms with Gasteiger partial charge < -0.3 is 19.7 Å². The van der Waals surface area contributed by atoms with Gasteiger partial charge in [0.1, 0.15) is 11.4 Å². The summed E-state index contributed by atoms with van der Waals surface area (Å²) in [6.45, 7) is 11.0. The van der Waals surface area contributed by atoms with Gasteiger partial charge in [-0.3, -0.25) is 0 Å². The second kappa shape index (κ2) is 7.11. The first-order valence-electron chi connectivity index (χ1n) is 8.25. The highest BCUT2D eigenvalue weighted by Gasteiger charge is 2.30. The molecule has 1 atom stereocenters. The number of ether oxygens (including phenoxy) is 2. The van der Waals surface area contributed by atoms with Crippen LogP contribution in [0.3, 0.4) is 0 Å². The van der Waals surface area contributed by atoms with Crippen molar-refractivity contribution in [2.75, 3.05) is 18.4 Å². The van der Waals surface area contributed by atoms with Crippen LogP contribution >= 0.6 is 0 Å². The highest BCUT2D eigenvalue weighted by Crippen LogP contribution is 2.27. The summed E-state index contributed by atoms with van der Waals surface area (Å²) in [6.07, 6.45) is 0.781. The van der Waals surface area contributed by atoms with Crippen molar-refractivity contribution in [1.29, 1.82) is 0 Å². The molecule has 1 aliphatic rings. The van der Waals surface area contributed by atoms with E-state index < -0.39 is 5.60 Å². The maximum absolute atomic E-state index is 12.1. The highest BCUT2D eigenvalue weighted by molar-refractivity contribution is 5.69. The van der Waals surface area contributed by atoms with Gasteiger partial charge in [0.15, 0.2) is 0 Å². The van der Waals surface area contributed by atoms with E-state index in [1.165, 1.54) is 0 Å². The van der Waals surface area contributed by atoms with E-state index in [-0.39, 0.29) is 18.2 Å². The molecule has 0 radical (unpaired) electrons. The Bertz CT molecular complexity index is 537. The predicted octanol–water partition coefficient (Wildman–Crippen LogP) is 3.90. The number of hydrogen-bond donors (Lipinski definition) is 1. The number of nitrogens with one attached hydrogen (secondary N) is 1. The SMILES string of the molecule is CC(C)Oc1ccccc1NC1CCN(C(=O)OC(C)(C)C)C1. The van der Waals surface area contributed by atoms with E-state index >= 15 is 0 Å². The molecule has 1 aromatic carbocycles. The fourth-order valence-corrected chi connectivity index (χ4v) is 2.53. The van der Waals surface area contributed by atoms with Crippen molar-refractivity contribution in [3.05, 3.63) is 24.3 Å². The van der Waals surface area contributed by atoms with Gasteiger partial charge in [0.25, 0.3) is 0 Å². The Balaban J connectivity index is 1.95. The van der Waals surface area contributed by atoms with E-state index in [1.807, 2.05) is 58.9 Å². The molecule has 1 amide bonds. The lowest BCUT2D eigenvalue weighted by Crippen LogP contribution is -2.36. The third kappa shape index (κ3) is 5.34. The van der Waals surface area contributed by atoms with E-state index in [2.05, 4.69) is 5.32 Å². The van der Waals surface area contributed by atoms with E-state index in [0.29, 0.717) is 13.1 Å². The molecule has 0 saturated carbocycles. The monoisotopic (exact) mass is 320 g/mol. The van der Waals surface area contributed by atoms with Gasteiger partial charge in [-0.1, -0.05) is 12.1 Å². The van der Waals surface area contributed by atoms with Crippen LogP contribution in [0.2, 0.25) is 0 Å². The number of nitrogens with zero attached hydrogens (tertiary/aromatic N) is 1. The smallest absolute Gasteiger partial charge is 0.410 e. The summed E-state index contributed by atoms with van der Waals surface area (Å²) >= 11 is 0. The lowest BCUT2D eigenvalue weighted by atomic mass is 10.2. The van der Waals surface area contributed by atoms with Crippen LogP contribution in [-0.4, -0.2) is 41.8 Å². The standard InChI is InChI=1S/C18H28N2O3/c1-13(2)22-16-9-7-6-8-15(16)19-14-10-11-20(12-14)17(21)23-18(3,4)5/h6-9,13-14,19H,10-12H2,1-5H3. The highest BCUT2D eigenvalue weighted by atomic mass is 16.6. The maximum Gasteiger partial charge on any atom is 0.410 e. The van der Waals surface area contributed by atoms with Crippen LogP contribution in [-0.2, 0) is 4.74 Å². The minimum absolute atomic E-state index is 0.125. The summed E-state index contributed by atoms with van der Waals surface area (Å²) < 4.78 is 11.3. The summed E-state index contributed by atoms with van der Waals surface area (Å²) in [7, 11) is 0. The number of hydrogen-bond acceptors (Lipinski definition) is 4. The molecule has 0 aliphatic carbocycles. The zero-order valence-corrected chi connectivity index (χ0v) is 14.8. The van der Waals surface area contributed by atoms with E-state index in [0.717, 1.165) is 17.9 Å². The maximum atomic E-state index is 12.1. The van der Waals surface area contributed by atoms with E-state index in [1.54, 1.807) is 4.90 Å². The van der Waals surface area contributed by atoms with Crippen LogP contribution in [0.25, 0.3) is 0 Å². The molecule has 1 saturated heterocycles. The summed E-state index contributed by atoms with van der Waals surface area (Å²) in [4.78, 5) is 13.9. The molecule has 5 heteroatoms. The molecule has 128 valence electrons. The van der Waals surface area contributed by atoms with Gasteiger partial charge >= 0.3 is 6.09 Å². The van der Waals surface area contributed by atoms with Crippen LogP contribution < -0.4 is 10.1 Å². The zero-order valence-electron chi connectivity index (χ0n) is 14.8. The first-order chi connectivity index (χ1) is 10.7. The minimum Gasteiger partial charge on any atom is -0.489 e. The molecule has 0 bridgehead atoms. The third-order valence-electron chi connectivity index (χ3n) is 3.45. The number of benzene rings is 1. The van der Waals surface area contributed by atoms with Crippen molar-refractivity contribution in [1.82, 2.24) is 4.90 Å². The zero-order chi connectivity index (χ0) is 17.0. The largest absolute Gasteiger partial charge is 0.489 e. The van der Waals surface area contributed by atoms with Gasteiger partial charge in [0, 0.05) is 19.1 Å². The van der Waals surface area contributed by atoms with Gasteiger partial charge in [-0.15, -0.1) is 0 Å². The number of carbonyl (C=O) groups excluding carboxylic acids is 1. The van der Waals surface area contributed by atoms with Crippen LogP contribution in [0.15, 0.2) is 24.3 Å². The first kappa shape index (κ1) is 17.4. The second-order valence-electron chi connectivity index (χ2n) is 7.22. The number of likely N-dealkylation sites (tertiary alicyclic amines) is 1. The van der Waals surface area contributed by atoms with Crippen LogP contribution in [0.4, 0.5) is 10.5 Å². The van der Waals surface area contributed by atoms with Crippen LogP contribution in [0.1, 0.15) is 41.0 Å². The lowest BCUT2D eigenvalue weighted by molar-refractivity contribution is 0.0293. The van der Waals surface area contributed by atoms with Gasteiger partial charge in [-0.25, -0.2) is 4.79 Å². The quantitative estimate of drug-likeness (QED) is 0.914. The Morgan fingerprint density at radius 3 is 2.65 bits per heavy atom. The minimum atomic E-state index is -0.458. The fraction of sp³-hybridized carbons (Fsp3) is 0.611. The molecule has 1 aromatic rings. The molecule has 2 rings (SSSR count). The Labute approximate surface area is 139 Å². The van der Waals surface area contributed by atoms with Crippen molar-refractivity contribution in [3.8, 4) is 5.75 Å². The molecule has 5 nitrogen and oxygen atoms in total. The summed E-state index contributed by atoms with van der Waals surface area (Å²) in [5.74, 6) is 0.846. The molecule has 1 N–H and O–H groups in total. The van der Waals surface area contributed by atoms with Gasteiger partial charge in [-0.05, 0) is 53.2 Å². The Morgan fingerprint density at radius 2 is 2.00 bits per heavy atom. The molecule has 1 unspecified atom stereocenters. The number of rotatable bonds is 4. The van der Waals surface area contributed by atoms with E-state index in [9.17, 15) is 4.79 Å². The normalized spacial score (nSPS) is 18.2. The third-order valence-corrected chi connectivity index (χ3v) is 3.45. The van der Waals surface area contributed by atoms with Crippen molar-refractivity contribution in [2.24, 2.45) is 0 Å². The predicted molar refractivity (Wildman–Crippen MR) is 92.0 cm³/mol. The number of anilines is 1. The number of carbonyl (C=O) groups is 1. The molecule has 0 aromatic heterocycles. The number of para-hydroxylation sites is 2.